The molecule has 0 aliphatic heterocycles. The van der Waals surface area contributed by atoms with Gasteiger partial charge in [-0.25, -0.2) is 0 Å². The highest BCUT2D eigenvalue weighted by atomic mass is 16.3. The van der Waals surface area contributed by atoms with Crippen molar-refractivity contribution in [3.05, 3.63) is 0 Å². The third kappa shape index (κ3) is 3.72. The van der Waals surface area contributed by atoms with E-state index in [0.29, 0.717) is 6.54 Å². The molecule has 0 aliphatic rings. The van der Waals surface area contributed by atoms with Crippen molar-refractivity contribution in [3.63, 3.8) is 0 Å². The molecule has 1 atom stereocenters. The van der Waals surface area contributed by atoms with Gasteiger partial charge in [0.15, 0.2) is 0 Å². The number of hydrazine groups is 1. The first kappa shape index (κ1) is 6.88. The van der Waals surface area contributed by atoms with E-state index in [-0.39, 0.29) is 12.5 Å². The van der Waals surface area contributed by atoms with Crippen molar-refractivity contribution in [2.24, 2.45) is 11.8 Å². The summed E-state index contributed by atoms with van der Waals surface area (Å²) in [5, 5.41) is 8.37. The van der Waals surface area contributed by atoms with Crippen LogP contribution >= 0.6 is 0 Å². The summed E-state index contributed by atoms with van der Waals surface area (Å²) in [5.41, 5.74) is 2.46. The standard InChI is InChI=1S/C4H12N2O/c1-4(3-7)2-6-5/h4,6-7H,2-3,5H2,1H3/t4-/m1/s1. The van der Waals surface area contributed by atoms with Gasteiger partial charge in [-0.05, 0) is 5.92 Å². The van der Waals surface area contributed by atoms with Crippen LogP contribution in [0, 0.1) is 5.92 Å². The first-order valence-electron chi connectivity index (χ1n) is 2.35. The van der Waals surface area contributed by atoms with Gasteiger partial charge in [0.2, 0.25) is 0 Å². The van der Waals surface area contributed by atoms with E-state index in [0.717, 1.165) is 0 Å². The quantitative estimate of drug-likeness (QED) is 0.320. The number of hydrogen-bond donors (Lipinski definition) is 3. The first-order valence-corrected chi connectivity index (χ1v) is 2.35. The highest BCUT2D eigenvalue weighted by Gasteiger charge is 1.93. The second-order valence-electron chi connectivity index (χ2n) is 1.70. The Hall–Kier alpha value is -0.120. The van der Waals surface area contributed by atoms with Gasteiger partial charge in [0.05, 0.1) is 0 Å². The van der Waals surface area contributed by atoms with E-state index in [4.69, 9.17) is 10.9 Å². The van der Waals surface area contributed by atoms with Gasteiger partial charge in [0.25, 0.3) is 0 Å². The van der Waals surface area contributed by atoms with Gasteiger partial charge in [0.1, 0.15) is 0 Å². The van der Waals surface area contributed by atoms with Crippen LogP contribution in [0.1, 0.15) is 6.92 Å². The summed E-state index contributed by atoms with van der Waals surface area (Å²) in [6.07, 6.45) is 0. The summed E-state index contributed by atoms with van der Waals surface area (Å²) < 4.78 is 0. The number of hydrogen-bond acceptors (Lipinski definition) is 3. The molecule has 7 heavy (non-hydrogen) atoms. The van der Waals surface area contributed by atoms with Crippen molar-refractivity contribution >= 4 is 0 Å². The Morgan fingerprint density at radius 2 is 2.43 bits per heavy atom. The summed E-state index contributed by atoms with van der Waals surface area (Å²) in [4.78, 5) is 0. The third-order valence-corrected chi connectivity index (χ3v) is 0.778. The van der Waals surface area contributed by atoms with Crippen LogP contribution in [0.5, 0.6) is 0 Å². The molecule has 0 saturated heterocycles. The van der Waals surface area contributed by atoms with Gasteiger partial charge in [-0.3, -0.25) is 11.3 Å². The smallest absolute Gasteiger partial charge is 0.0469 e. The van der Waals surface area contributed by atoms with Gasteiger partial charge >= 0.3 is 0 Å². The maximum atomic E-state index is 8.37. The summed E-state index contributed by atoms with van der Waals surface area (Å²) in [6, 6.07) is 0. The van der Waals surface area contributed by atoms with Gasteiger partial charge < -0.3 is 5.11 Å². The van der Waals surface area contributed by atoms with Crippen molar-refractivity contribution in [3.8, 4) is 0 Å². The molecular formula is C4H12N2O. The lowest BCUT2D eigenvalue weighted by Gasteiger charge is -2.03. The minimum absolute atomic E-state index is 0.199. The zero-order valence-electron chi connectivity index (χ0n) is 4.52. The molecule has 3 heteroatoms. The van der Waals surface area contributed by atoms with Crippen LogP contribution in [-0.2, 0) is 0 Å². The second-order valence-corrected chi connectivity index (χ2v) is 1.70. The van der Waals surface area contributed by atoms with Crippen molar-refractivity contribution in [2.75, 3.05) is 13.2 Å². The summed E-state index contributed by atoms with van der Waals surface area (Å²) in [5.74, 6) is 5.21. The Balaban J connectivity index is 2.83. The molecule has 0 fully saturated rings. The molecule has 0 aliphatic carbocycles. The lowest BCUT2D eigenvalue weighted by atomic mass is 10.2. The van der Waals surface area contributed by atoms with E-state index in [1.165, 1.54) is 0 Å². The number of nitrogens with two attached hydrogens (primary N) is 1. The molecule has 0 saturated carbocycles. The zero-order valence-corrected chi connectivity index (χ0v) is 4.52. The van der Waals surface area contributed by atoms with E-state index < -0.39 is 0 Å². The van der Waals surface area contributed by atoms with Crippen LogP contribution in [-0.4, -0.2) is 18.3 Å². The van der Waals surface area contributed by atoms with Crippen molar-refractivity contribution < 1.29 is 5.11 Å². The van der Waals surface area contributed by atoms with Gasteiger partial charge in [-0.15, -0.1) is 0 Å². The molecule has 0 bridgehead atoms. The predicted molar refractivity (Wildman–Crippen MR) is 28.4 cm³/mol. The van der Waals surface area contributed by atoms with Gasteiger partial charge in [-0.1, -0.05) is 6.92 Å². The Morgan fingerprint density at radius 1 is 1.86 bits per heavy atom. The Bertz CT molecular complexity index is 40.7. The molecule has 44 valence electrons. The van der Waals surface area contributed by atoms with E-state index in [1.807, 2.05) is 6.92 Å². The van der Waals surface area contributed by atoms with Crippen LogP contribution in [0.25, 0.3) is 0 Å². The second kappa shape index (κ2) is 4.05. The molecule has 0 heterocycles. The average molecular weight is 104 g/mol. The van der Waals surface area contributed by atoms with Crippen molar-refractivity contribution in [1.29, 1.82) is 0 Å². The van der Waals surface area contributed by atoms with Crippen LogP contribution in [0.4, 0.5) is 0 Å². The highest BCUT2D eigenvalue weighted by molar-refractivity contribution is 4.48. The molecule has 0 spiro atoms. The van der Waals surface area contributed by atoms with Crippen LogP contribution < -0.4 is 11.3 Å². The summed E-state index contributed by atoms with van der Waals surface area (Å²) >= 11 is 0. The Kier molecular flexibility index (Phi) is 3.98. The average Bonchev–Trinajstić information content (AvgIpc) is 1.68. The zero-order chi connectivity index (χ0) is 5.70. The maximum absolute atomic E-state index is 8.37. The normalized spacial score (nSPS) is 14.1. The Morgan fingerprint density at radius 3 is 2.57 bits per heavy atom. The molecule has 4 N–H and O–H groups in total. The summed E-state index contributed by atoms with van der Waals surface area (Å²) in [7, 11) is 0. The molecule has 0 amide bonds. The monoisotopic (exact) mass is 104 g/mol. The fourth-order valence-electron chi connectivity index (χ4n) is 0.266. The molecule has 0 aromatic heterocycles. The van der Waals surface area contributed by atoms with Crippen LogP contribution in [0.2, 0.25) is 0 Å². The molecule has 0 aromatic rings. The van der Waals surface area contributed by atoms with Crippen molar-refractivity contribution in [1.82, 2.24) is 5.43 Å². The molecule has 3 nitrogen and oxygen atoms in total. The van der Waals surface area contributed by atoms with E-state index in [1.54, 1.807) is 0 Å². The Labute approximate surface area is 43.5 Å². The van der Waals surface area contributed by atoms with Crippen molar-refractivity contribution in [2.45, 2.75) is 6.92 Å². The third-order valence-electron chi connectivity index (χ3n) is 0.778. The van der Waals surface area contributed by atoms with E-state index >= 15 is 0 Å². The highest BCUT2D eigenvalue weighted by Crippen LogP contribution is 1.85. The fraction of sp³-hybridized carbons (Fsp3) is 1.00. The lowest BCUT2D eigenvalue weighted by Crippen LogP contribution is -2.28. The van der Waals surface area contributed by atoms with E-state index in [9.17, 15) is 0 Å². The van der Waals surface area contributed by atoms with Crippen LogP contribution in [0.3, 0.4) is 0 Å². The summed E-state index contributed by atoms with van der Waals surface area (Å²) in [6.45, 7) is 2.79. The largest absolute Gasteiger partial charge is 0.396 e. The minimum atomic E-state index is 0.199. The molecular weight excluding hydrogens is 92.1 g/mol. The molecule has 0 radical (unpaired) electrons. The SMILES string of the molecule is C[C@@H](CO)CNN. The topological polar surface area (TPSA) is 58.3 Å². The molecule has 0 aromatic carbocycles. The number of nitrogens with one attached hydrogen (secondary N) is 1. The molecule has 0 unspecified atom stereocenters. The fourth-order valence-corrected chi connectivity index (χ4v) is 0.266. The predicted octanol–water partition coefficient (Wildman–Crippen LogP) is -0.922. The number of rotatable bonds is 3. The lowest BCUT2D eigenvalue weighted by molar-refractivity contribution is 0.234. The van der Waals surface area contributed by atoms with Crippen LogP contribution in [0.15, 0.2) is 0 Å². The van der Waals surface area contributed by atoms with Gasteiger partial charge in [-0.2, -0.15) is 0 Å². The first-order chi connectivity index (χ1) is 3.31. The van der Waals surface area contributed by atoms with E-state index in [2.05, 4.69) is 5.43 Å². The minimum Gasteiger partial charge on any atom is -0.396 e. The maximum Gasteiger partial charge on any atom is 0.0469 e. The molecule has 0 rings (SSSR count). The van der Waals surface area contributed by atoms with Gasteiger partial charge in [0, 0.05) is 13.2 Å². The number of aliphatic hydroxyl groups excluding tert-OH is 1. The number of aliphatic hydroxyl groups is 1.